The lowest BCUT2D eigenvalue weighted by Crippen LogP contribution is -2.61. The molecular formula is C29H32Cl2FN5O3. The standard InChI is InChI=1S/C29H32Cl2FN5O3/c1-27(2)6-8-28(9-7-27)29(18-4-3-15(30)13-19(18)36-26(29)40)20(17-5-10-34-23(31)21(17)32)22(37-28)25(39)35-16-11-14(12-16)24(33)38/h3-5,10,13-14,16,20,22,37H,6-9,11-12H2,1-2H3,(H2,33,38)(H,35,39)(H,36,40). The molecule has 6 rings (SSSR count). The summed E-state index contributed by atoms with van der Waals surface area (Å²) in [6.07, 6.45) is 5.10. The fourth-order valence-corrected chi connectivity index (χ4v) is 7.92. The highest BCUT2D eigenvalue weighted by molar-refractivity contribution is 6.31. The zero-order valence-corrected chi connectivity index (χ0v) is 23.8. The van der Waals surface area contributed by atoms with Crippen LogP contribution in [0.4, 0.5) is 10.1 Å². The van der Waals surface area contributed by atoms with Gasteiger partial charge in [0.05, 0.1) is 6.04 Å². The fourth-order valence-electron chi connectivity index (χ4n) is 7.59. The molecule has 212 valence electrons. The minimum atomic E-state index is -1.33. The van der Waals surface area contributed by atoms with Crippen LogP contribution in [-0.2, 0) is 19.8 Å². The van der Waals surface area contributed by atoms with Crippen LogP contribution in [0.1, 0.15) is 69.4 Å². The summed E-state index contributed by atoms with van der Waals surface area (Å²) in [4.78, 5) is 43.9. The lowest BCUT2D eigenvalue weighted by atomic mass is 9.53. The number of nitrogens with one attached hydrogen (secondary N) is 3. The lowest BCUT2D eigenvalue weighted by Gasteiger charge is -2.50. The van der Waals surface area contributed by atoms with Gasteiger partial charge in [0.1, 0.15) is 5.41 Å². The average Bonchev–Trinajstić information content (AvgIpc) is 3.32. The van der Waals surface area contributed by atoms with Crippen LogP contribution in [0.3, 0.4) is 0 Å². The third-order valence-corrected chi connectivity index (χ3v) is 10.3. The summed E-state index contributed by atoms with van der Waals surface area (Å²) >= 11 is 12.5. The van der Waals surface area contributed by atoms with Gasteiger partial charge in [0.15, 0.2) is 11.0 Å². The number of aromatic nitrogens is 1. The topological polar surface area (TPSA) is 126 Å². The maximum atomic E-state index is 15.9. The first-order valence-electron chi connectivity index (χ1n) is 13.7. The largest absolute Gasteiger partial charge is 0.369 e. The van der Waals surface area contributed by atoms with Crippen LogP contribution in [0.15, 0.2) is 30.5 Å². The number of hydrogen-bond donors (Lipinski definition) is 4. The van der Waals surface area contributed by atoms with Gasteiger partial charge in [-0.2, -0.15) is 0 Å². The first-order valence-corrected chi connectivity index (χ1v) is 14.4. The molecule has 2 spiro atoms. The molecule has 2 saturated carbocycles. The Hall–Kier alpha value is -2.75. The number of nitrogens with two attached hydrogens (primary N) is 1. The highest BCUT2D eigenvalue weighted by Crippen LogP contribution is 2.64. The molecule has 2 aliphatic heterocycles. The van der Waals surface area contributed by atoms with E-state index < -0.39 is 34.6 Å². The van der Waals surface area contributed by atoms with Gasteiger partial charge in [-0.25, -0.2) is 9.37 Å². The molecule has 2 aliphatic carbocycles. The Morgan fingerprint density at radius 3 is 2.50 bits per heavy atom. The molecule has 0 bridgehead atoms. The van der Waals surface area contributed by atoms with E-state index in [1.54, 1.807) is 12.1 Å². The number of benzene rings is 1. The first-order chi connectivity index (χ1) is 18.9. The Bertz CT molecular complexity index is 1420. The second-order valence-corrected chi connectivity index (χ2v) is 13.4. The molecule has 1 saturated heterocycles. The van der Waals surface area contributed by atoms with E-state index >= 15 is 4.39 Å². The smallest absolute Gasteiger partial charge is 0.238 e. The van der Waals surface area contributed by atoms with Crippen molar-refractivity contribution in [1.29, 1.82) is 0 Å². The van der Waals surface area contributed by atoms with Crippen molar-refractivity contribution in [2.24, 2.45) is 17.1 Å². The van der Waals surface area contributed by atoms with Crippen molar-refractivity contribution in [3.05, 3.63) is 57.6 Å². The van der Waals surface area contributed by atoms with Gasteiger partial charge in [-0.3, -0.25) is 19.7 Å². The van der Waals surface area contributed by atoms with Crippen LogP contribution >= 0.6 is 23.2 Å². The summed E-state index contributed by atoms with van der Waals surface area (Å²) in [6.45, 7) is 4.39. The number of pyridine rings is 1. The van der Waals surface area contributed by atoms with Crippen molar-refractivity contribution in [3.8, 4) is 0 Å². The van der Waals surface area contributed by atoms with Crippen molar-refractivity contribution in [2.75, 3.05) is 5.32 Å². The lowest BCUT2D eigenvalue weighted by molar-refractivity contribution is -0.129. The Balaban J connectivity index is 1.53. The van der Waals surface area contributed by atoms with Gasteiger partial charge in [0, 0.05) is 40.3 Å². The van der Waals surface area contributed by atoms with Crippen molar-refractivity contribution >= 4 is 46.6 Å². The van der Waals surface area contributed by atoms with Crippen LogP contribution in [-0.4, -0.2) is 40.3 Å². The van der Waals surface area contributed by atoms with Gasteiger partial charge in [0.25, 0.3) is 0 Å². The SMILES string of the molecule is CC1(C)CCC2(CC1)NC(C(=O)NC1CC(C(N)=O)C1)C(c1ccnc(Cl)c1F)C21C(=O)Nc2cc(Cl)ccc21. The number of anilines is 1. The monoisotopic (exact) mass is 587 g/mol. The van der Waals surface area contributed by atoms with E-state index in [0.717, 1.165) is 12.8 Å². The highest BCUT2D eigenvalue weighted by atomic mass is 35.5. The molecule has 0 radical (unpaired) electrons. The van der Waals surface area contributed by atoms with Gasteiger partial charge >= 0.3 is 0 Å². The second kappa shape index (κ2) is 9.39. The maximum absolute atomic E-state index is 15.9. The Morgan fingerprint density at radius 2 is 1.82 bits per heavy atom. The van der Waals surface area contributed by atoms with Gasteiger partial charge in [-0.1, -0.05) is 43.1 Å². The van der Waals surface area contributed by atoms with Gasteiger partial charge in [-0.15, -0.1) is 0 Å². The molecule has 3 fully saturated rings. The molecule has 1 aromatic carbocycles. The summed E-state index contributed by atoms with van der Waals surface area (Å²) in [5.74, 6) is -3.04. The van der Waals surface area contributed by atoms with E-state index in [0.29, 0.717) is 42.0 Å². The minimum absolute atomic E-state index is 0.0444. The Kier molecular flexibility index (Phi) is 6.44. The number of fused-ring (bicyclic) bond motifs is 3. The molecule has 3 atom stereocenters. The first kappa shape index (κ1) is 27.4. The van der Waals surface area contributed by atoms with E-state index in [2.05, 4.69) is 34.8 Å². The number of nitrogens with zero attached hydrogens (tertiary/aromatic N) is 1. The molecule has 8 nitrogen and oxygen atoms in total. The number of amides is 3. The molecule has 40 heavy (non-hydrogen) atoms. The molecule has 3 heterocycles. The van der Waals surface area contributed by atoms with Crippen molar-refractivity contribution in [2.45, 2.75) is 81.3 Å². The molecule has 2 aromatic rings. The van der Waals surface area contributed by atoms with Crippen molar-refractivity contribution in [1.82, 2.24) is 15.6 Å². The van der Waals surface area contributed by atoms with Crippen molar-refractivity contribution < 1.29 is 18.8 Å². The molecule has 3 unspecified atom stereocenters. The third-order valence-electron chi connectivity index (χ3n) is 9.84. The van der Waals surface area contributed by atoms with E-state index in [4.69, 9.17) is 28.9 Å². The Labute approximate surface area is 241 Å². The third kappa shape index (κ3) is 3.96. The highest BCUT2D eigenvalue weighted by Gasteiger charge is 2.73. The molecule has 11 heteroatoms. The van der Waals surface area contributed by atoms with Gasteiger partial charge < -0.3 is 16.4 Å². The molecule has 1 aromatic heterocycles. The number of carbonyl (C=O) groups is 3. The predicted octanol–water partition coefficient (Wildman–Crippen LogP) is 4.19. The number of hydrogen-bond acceptors (Lipinski definition) is 5. The maximum Gasteiger partial charge on any atom is 0.238 e. The normalized spacial score (nSPS) is 31.5. The quantitative estimate of drug-likeness (QED) is 0.399. The van der Waals surface area contributed by atoms with Crippen LogP contribution in [0.25, 0.3) is 0 Å². The van der Waals surface area contributed by atoms with Crippen LogP contribution in [0.2, 0.25) is 10.2 Å². The van der Waals surface area contributed by atoms with E-state index in [1.807, 2.05) is 6.07 Å². The minimum Gasteiger partial charge on any atom is -0.369 e. The summed E-state index contributed by atoms with van der Waals surface area (Å²) in [7, 11) is 0. The zero-order chi connectivity index (χ0) is 28.6. The van der Waals surface area contributed by atoms with Crippen LogP contribution < -0.4 is 21.7 Å². The van der Waals surface area contributed by atoms with Gasteiger partial charge in [-0.05, 0) is 73.3 Å². The zero-order valence-electron chi connectivity index (χ0n) is 22.3. The number of primary amides is 1. The van der Waals surface area contributed by atoms with E-state index in [9.17, 15) is 14.4 Å². The summed E-state index contributed by atoms with van der Waals surface area (Å²) in [5.41, 5.74) is 4.68. The predicted molar refractivity (Wildman–Crippen MR) is 149 cm³/mol. The van der Waals surface area contributed by atoms with E-state index in [-0.39, 0.29) is 39.9 Å². The summed E-state index contributed by atoms with van der Waals surface area (Å²) in [5, 5.41) is 9.81. The van der Waals surface area contributed by atoms with Gasteiger partial charge in [0.2, 0.25) is 17.7 Å². The molecular weight excluding hydrogens is 556 g/mol. The second-order valence-electron chi connectivity index (χ2n) is 12.6. The summed E-state index contributed by atoms with van der Waals surface area (Å²) < 4.78 is 15.9. The summed E-state index contributed by atoms with van der Waals surface area (Å²) in [6, 6.07) is 5.55. The average molecular weight is 589 g/mol. The fraction of sp³-hybridized carbons (Fsp3) is 0.517. The molecule has 5 N–H and O–H groups in total. The van der Waals surface area contributed by atoms with Crippen LogP contribution in [0.5, 0.6) is 0 Å². The molecule has 4 aliphatic rings. The van der Waals surface area contributed by atoms with Crippen LogP contribution in [0, 0.1) is 17.2 Å². The number of rotatable bonds is 4. The number of halogens is 3. The molecule has 3 amide bonds. The Morgan fingerprint density at radius 1 is 1.12 bits per heavy atom. The van der Waals surface area contributed by atoms with E-state index in [1.165, 1.54) is 12.3 Å². The van der Waals surface area contributed by atoms with Crippen molar-refractivity contribution in [3.63, 3.8) is 0 Å². The number of carbonyl (C=O) groups excluding carboxylic acids is 3.